The van der Waals surface area contributed by atoms with E-state index in [4.69, 9.17) is 16.3 Å². The summed E-state index contributed by atoms with van der Waals surface area (Å²) in [6, 6.07) is 13.3. The summed E-state index contributed by atoms with van der Waals surface area (Å²) in [7, 11) is 1.57. The van der Waals surface area contributed by atoms with Gasteiger partial charge in [0.2, 0.25) is 17.7 Å². The van der Waals surface area contributed by atoms with E-state index in [9.17, 15) is 18.8 Å². The van der Waals surface area contributed by atoms with E-state index in [-0.39, 0.29) is 48.8 Å². The summed E-state index contributed by atoms with van der Waals surface area (Å²) >= 11 is 6.48. The zero-order chi connectivity index (χ0) is 24.3. The van der Waals surface area contributed by atoms with E-state index >= 15 is 0 Å². The molecule has 2 aliphatic rings. The third kappa shape index (κ3) is 4.72. The molecule has 4 rings (SSSR count). The molecule has 0 aromatic heterocycles. The molecule has 0 N–H and O–H groups in total. The standard InChI is InChI=1S/C26H28ClFN2O4/c1-34-14-4-12-30-24(32)16-26(25(30)33,21-5-2-3-6-22(21)27)15-23(31)29-13-11-19(17-29)18-7-9-20(28)10-8-18/h2-3,5-10,19H,4,11-17H2,1H3. The summed E-state index contributed by atoms with van der Waals surface area (Å²) in [5.41, 5.74) is 0.161. The average molecular weight is 487 g/mol. The number of imide groups is 1. The molecule has 2 heterocycles. The fourth-order valence-electron chi connectivity index (χ4n) is 5.05. The summed E-state index contributed by atoms with van der Waals surface area (Å²) in [6.07, 6.45) is 1.06. The molecular weight excluding hydrogens is 459 g/mol. The maximum Gasteiger partial charge on any atom is 0.240 e. The highest BCUT2D eigenvalue weighted by Crippen LogP contribution is 2.43. The quantitative estimate of drug-likeness (QED) is 0.419. The Morgan fingerprint density at radius 1 is 1.18 bits per heavy atom. The molecule has 2 atom stereocenters. The van der Waals surface area contributed by atoms with Gasteiger partial charge in [0.25, 0.3) is 0 Å². The van der Waals surface area contributed by atoms with Gasteiger partial charge in [-0.25, -0.2) is 4.39 Å². The Morgan fingerprint density at radius 3 is 2.62 bits per heavy atom. The Morgan fingerprint density at radius 2 is 1.91 bits per heavy atom. The van der Waals surface area contributed by atoms with Gasteiger partial charge >= 0.3 is 0 Å². The van der Waals surface area contributed by atoms with Gasteiger partial charge in [-0.2, -0.15) is 0 Å². The lowest BCUT2D eigenvalue weighted by atomic mass is 9.75. The molecular formula is C26H28ClFN2O4. The van der Waals surface area contributed by atoms with E-state index < -0.39 is 5.41 Å². The lowest BCUT2D eigenvalue weighted by molar-refractivity contribution is -0.142. The van der Waals surface area contributed by atoms with E-state index in [1.807, 2.05) is 0 Å². The van der Waals surface area contributed by atoms with E-state index in [2.05, 4.69) is 0 Å². The molecule has 2 aromatic rings. The zero-order valence-corrected chi connectivity index (χ0v) is 19.9. The van der Waals surface area contributed by atoms with E-state index in [1.165, 1.54) is 17.0 Å². The summed E-state index contributed by atoms with van der Waals surface area (Å²) in [6.45, 7) is 1.69. The molecule has 3 amide bonds. The van der Waals surface area contributed by atoms with Gasteiger partial charge < -0.3 is 9.64 Å². The Labute approximate surface area is 203 Å². The fraction of sp³-hybridized carbons (Fsp3) is 0.423. The third-order valence-corrected chi connectivity index (χ3v) is 7.19. The van der Waals surface area contributed by atoms with Crippen molar-refractivity contribution >= 4 is 29.3 Å². The van der Waals surface area contributed by atoms with Crippen LogP contribution in [0.2, 0.25) is 5.02 Å². The fourth-order valence-corrected chi connectivity index (χ4v) is 5.37. The van der Waals surface area contributed by atoms with Crippen LogP contribution in [0.25, 0.3) is 0 Å². The number of carbonyl (C=O) groups is 3. The number of hydrogen-bond donors (Lipinski definition) is 0. The molecule has 0 saturated carbocycles. The molecule has 6 nitrogen and oxygen atoms in total. The van der Waals surface area contributed by atoms with Crippen molar-refractivity contribution in [2.24, 2.45) is 0 Å². The first kappa shape index (κ1) is 24.4. The number of benzene rings is 2. The first-order chi connectivity index (χ1) is 16.4. The van der Waals surface area contributed by atoms with Gasteiger partial charge in [-0.15, -0.1) is 0 Å². The monoisotopic (exact) mass is 486 g/mol. The minimum Gasteiger partial charge on any atom is -0.385 e. The first-order valence-electron chi connectivity index (χ1n) is 11.5. The van der Waals surface area contributed by atoms with Gasteiger partial charge in [-0.3, -0.25) is 19.3 Å². The summed E-state index contributed by atoms with van der Waals surface area (Å²) < 4.78 is 18.4. The predicted molar refractivity (Wildman–Crippen MR) is 126 cm³/mol. The Balaban J connectivity index is 1.57. The van der Waals surface area contributed by atoms with Crippen molar-refractivity contribution in [1.29, 1.82) is 0 Å². The number of ether oxygens (including phenoxy) is 1. The molecule has 2 fully saturated rings. The highest BCUT2D eigenvalue weighted by molar-refractivity contribution is 6.32. The molecule has 0 aliphatic carbocycles. The molecule has 0 spiro atoms. The van der Waals surface area contributed by atoms with Gasteiger partial charge in [-0.05, 0) is 42.2 Å². The predicted octanol–water partition coefficient (Wildman–Crippen LogP) is 3.92. The van der Waals surface area contributed by atoms with Crippen molar-refractivity contribution in [3.8, 4) is 0 Å². The maximum atomic E-state index is 13.7. The molecule has 2 unspecified atom stereocenters. The first-order valence-corrected chi connectivity index (χ1v) is 11.9. The van der Waals surface area contributed by atoms with Crippen LogP contribution >= 0.6 is 11.6 Å². The van der Waals surface area contributed by atoms with Crippen molar-refractivity contribution in [3.63, 3.8) is 0 Å². The number of rotatable bonds is 8. The lowest BCUT2D eigenvalue weighted by Gasteiger charge is -2.30. The van der Waals surface area contributed by atoms with Crippen molar-refractivity contribution in [2.45, 2.75) is 37.0 Å². The minimum absolute atomic E-state index is 0.0937. The van der Waals surface area contributed by atoms with Crippen LogP contribution < -0.4 is 0 Å². The van der Waals surface area contributed by atoms with Gasteiger partial charge in [-0.1, -0.05) is 41.9 Å². The van der Waals surface area contributed by atoms with Crippen LogP contribution in [0.4, 0.5) is 4.39 Å². The van der Waals surface area contributed by atoms with E-state index in [0.29, 0.717) is 36.7 Å². The van der Waals surface area contributed by atoms with Crippen molar-refractivity contribution in [3.05, 3.63) is 70.5 Å². The second kappa shape index (κ2) is 10.2. The summed E-state index contributed by atoms with van der Waals surface area (Å²) in [5, 5.41) is 0.362. The number of nitrogens with zero attached hydrogens (tertiary/aromatic N) is 2. The molecule has 34 heavy (non-hydrogen) atoms. The molecule has 0 radical (unpaired) electrons. The molecule has 0 bridgehead atoms. The molecule has 2 aromatic carbocycles. The Bertz CT molecular complexity index is 1080. The summed E-state index contributed by atoms with van der Waals surface area (Å²) in [4.78, 5) is 43.0. The van der Waals surface area contributed by atoms with Crippen LogP contribution in [0.3, 0.4) is 0 Å². The second-order valence-corrected chi connectivity index (χ2v) is 9.40. The Hall–Kier alpha value is -2.77. The zero-order valence-electron chi connectivity index (χ0n) is 19.1. The molecule has 2 aliphatic heterocycles. The highest BCUT2D eigenvalue weighted by Gasteiger charge is 2.54. The molecule has 2 saturated heterocycles. The lowest BCUT2D eigenvalue weighted by Crippen LogP contribution is -2.43. The van der Waals surface area contributed by atoms with Crippen molar-refractivity contribution in [1.82, 2.24) is 9.80 Å². The van der Waals surface area contributed by atoms with Crippen LogP contribution in [0.15, 0.2) is 48.5 Å². The molecule has 8 heteroatoms. The normalized spacial score (nSPS) is 22.6. The topological polar surface area (TPSA) is 66.9 Å². The summed E-state index contributed by atoms with van der Waals surface area (Å²) in [5.74, 6) is -1.07. The van der Waals surface area contributed by atoms with Gasteiger partial charge in [0, 0.05) is 57.1 Å². The number of methoxy groups -OCH3 is 1. The van der Waals surface area contributed by atoms with Crippen LogP contribution in [0.5, 0.6) is 0 Å². The smallest absolute Gasteiger partial charge is 0.240 e. The number of carbonyl (C=O) groups excluding carboxylic acids is 3. The average Bonchev–Trinajstić information content (AvgIpc) is 3.40. The molecule has 180 valence electrons. The van der Waals surface area contributed by atoms with Crippen molar-refractivity contribution in [2.75, 3.05) is 33.4 Å². The highest BCUT2D eigenvalue weighted by atomic mass is 35.5. The number of hydrogen-bond acceptors (Lipinski definition) is 4. The van der Waals surface area contributed by atoms with Crippen LogP contribution in [-0.2, 0) is 24.5 Å². The SMILES string of the molecule is COCCCN1C(=O)CC(CC(=O)N2CCC(c3ccc(F)cc3)C2)(c2ccccc2Cl)C1=O. The second-order valence-electron chi connectivity index (χ2n) is 8.99. The van der Waals surface area contributed by atoms with Crippen LogP contribution in [0, 0.1) is 5.82 Å². The van der Waals surface area contributed by atoms with Crippen molar-refractivity contribution < 1.29 is 23.5 Å². The number of halogens is 2. The number of likely N-dealkylation sites (tertiary alicyclic amines) is 2. The Kier molecular flexibility index (Phi) is 7.33. The van der Waals surface area contributed by atoms with Gasteiger partial charge in [0.05, 0.1) is 5.41 Å². The number of amides is 3. The van der Waals surface area contributed by atoms with Crippen LogP contribution in [0.1, 0.15) is 42.7 Å². The van der Waals surface area contributed by atoms with E-state index in [0.717, 1.165) is 12.0 Å². The minimum atomic E-state index is -1.33. The van der Waals surface area contributed by atoms with Gasteiger partial charge in [0.1, 0.15) is 5.82 Å². The largest absolute Gasteiger partial charge is 0.385 e. The van der Waals surface area contributed by atoms with Gasteiger partial charge in [0.15, 0.2) is 0 Å². The van der Waals surface area contributed by atoms with E-state index in [1.54, 1.807) is 48.4 Å². The van der Waals surface area contributed by atoms with Crippen LogP contribution in [-0.4, -0.2) is 60.9 Å². The maximum absolute atomic E-state index is 13.7. The third-order valence-electron chi connectivity index (χ3n) is 6.86.